The van der Waals surface area contributed by atoms with Gasteiger partial charge < -0.3 is 4.74 Å². The number of ether oxygens (including phenoxy) is 1. The predicted octanol–water partition coefficient (Wildman–Crippen LogP) is 6.91. The molecule has 5 aromatic rings. The topological polar surface area (TPSA) is 39.9 Å². The van der Waals surface area contributed by atoms with Crippen LogP contribution in [0, 0.1) is 13.8 Å². The third-order valence-corrected chi connectivity index (χ3v) is 5.89. The second kappa shape index (κ2) is 7.71. The molecule has 0 saturated heterocycles. The minimum absolute atomic E-state index is 0.610. The normalized spacial score (nSPS) is 11.4. The zero-order valence-electron chi connectivity index (χ0n) is 17.7. The highest BCUT2D eigenvalue weighted by Crippen LogP contribution is 2.35. The van der Waals surface area contributed by atoms with Crippen molar-refractivity contribution in [1.29, 1.82) is 0 Å². The van der Waals surface area contributed by atoms with Gasteiger partial charge >= 0.3 is 0 Å². The summed E-state index contributed by atoms with van der Waals surface area (Å²) in [5, 5.41) is 7.74. The van der Waals surface area contributed by atoms with Crippen LogP contribution in [-0.4, -0.2) is 21.4 Å². The SMILES string of the molecule is CCOc1ccc2ncc3c(-c4ccc(C)c(C)c4)nn(-c4ccc(Cl)cc4)c3c2c1. The first kappa shape index (κ1) is 19.6. The first-order valence-corrected chi connectivity index (χ1v) is 10.7. The van der Waals surface area contributed by atoms with Crippen molar-refractivity contribution in [1.82, 2.24) is 14.8 Å². The van der Waals surface area contributed by atoms with Crippen LogP contribution in [0.25, 0.3) is 38.8 Å². The first-order valence-electron chi connectivity index (χ1n) is 10.3. The lowest BCUT2D eigenvalue weighted by Crippen LogP contribution is -1.97. The van der Waals surface area contributed by atoms with Crippen LogP contribution in [0.4, 0.5) is 0 Å². The summed E-state index contributed by atoms with van der Waals surface area (Å²) in [6.07, 6.45) is 1.92. The number of aryl methyl sites for hydroxylation is 2. The van der Waals surface area contributed by atoms with Crippen LogP contribution in [0.3, 0.4) is 0 Å². The van der Waals surface area contributed by atoms with Gasteiger partial charge in [0.05, 0.1) is 23.3 Å². The highest BCUT2D eigenvalue weighted by Gasteiger charge is 2.18. The van der Waals surface area contributed by atoms with E-state index in [9.17, 15) is 0 Å². The molecule has 0 unspecified atom stereocenters. The molecule has 31 heavy (non-hydrogen) atoms. The molecule has 2 aromatic heterocycles. The summed E-state index contributed by atoms with van der Waals surface area (Å²) in [5.74, 6) is 0.820. The number of nitrogens with zero attached hydrogens (tertiary/aromatic N) is 3. The Kier molecular flexibility index (Phi) is 4.87. The third-order valence-electron chi connectivity index (χ3n) is 5.64. The van der Waals surface area contributed by atoms with Gasteiger partial charge in [0.1, 0.15) is 11.4 Å². The Bertz CT molecular complexity index is 1420. The summed E-state index contributed by atoms with van der Waals surface area (Å²) in [6.45, 7) is 6.84. The molecule has 0 aliphatic heterocycles. The van der Waals surface area contributed by atoms with E-state index in [2.05, 4.69) is 32.0 Å². The summed E-state index contributed by atoms with van der Waals surface area (Å²) in [7, 11) is 0. The molecule has 0 fully saturated rings. The van der Waals surface area contributed by atoms with Crippen molar-refractivity contribution in [3.8, 4) is 22.7 Å². The van der Waals surface area contributed by atoms with Crippen LogP contribution in [0.1, 0.15) is 18.1 Å². The average Bonchev–Trinajstić information content (AvgIpc) is 3.16. The quantitative estimate of drug-likeness (QED) is 0.313. The van der Waals surface area contributed by atoms with E-state index in [0.29, 0.717) is 11.6 Å². The fourth-order valence-corrected chi connectivity index (χ4v) is 4.02. The van der Waals surface area contributed by atoms with Gasteiger partial charge in [0.2, 0.25) is 0 Å². The van der Waals surface area contributed by atoms with Crippen molar-refractivity contribution < 1.29 is 4.74 Å². The van der Waals surface area contributed by atoms with Crippen LogP contribution in [0.15, 0.2) is 66.9 Å². The summed E-state index contributed by atoms with van der Waals surface area (Å²) < 4.78 is 7.75. The number of pyridine rings is 1. The summed E-state index contributed by atoms with van der Waals surface area (Å²) >= 11 is 6.15. The van der Waals surface area contributed by atoms with E-state index in [-0.39, 0.29) is 0 Å². The maximum absolute atomic E-state index is 6.15. The molecule has 5 heteroatoms. The van der Waals surface area contributed by atoms with E-state index in [1.54, 1.807) is 0 Å². The van der Waals surface area contributed by atoms with Crippen molar-refractivity contribution in [2.45, 2.75) is 20.8 Å². The molecule has 154 valence electrons. The summed E-state index contributed by atoms with van der Waals surface area (Å²) in [6, 6.07) is 20.2. The van der Waals surface area contributed by atoms with E-state index >= 15 is 0 Å². The molecule has 3 aromatic carbocycles. The zero-order chi connectivity index (χ0) is 21.5. The molecule has 0 N–H and O–H groups in total. The van der Waals surface area contributed by atoms with Crippen LogP contribution < -0.4 is 4.74 Å². The van der Waals surface area contributed by atoms with Gasteiger partial charge in [0.15, 0.2) is 0 Å². The Hall–Kier alpha value is -3.37. The zero-order valence-corrected chi connectivity index (χ0v) is 18.4. The molecule has 0 saturated carbocycles. The number of rotatable bonds is 4. The Morgan fingerprint density at radius 1 is 0.903 bits per heavy atom. The van der Waals surface area contributed by atoms with Crippen molar-refractivity contribution >= 4 is 33.4 Å². The highest BCUT2D eigenvalue weighted by molar-refractivity contribution is 6.30. The first-order chi connectivity index (χ1) is 15.0. The Morgan fingerprint density at radius 3 is 2.45 bits per heavy atom. The monoisotopic (exact) mass is 427 g/mol. The number of halogens is 1. The lowest BCUT2D eigenvalue weighted by atomic mass is 10.0. The van der Waals surface area contributed by atoms with Crippen molar-refractivity contribution in [2.75, 3.05) is 6.61 Å². The van der Waals surface area contributed by atoms with Gasteiger partial charge in [-0.05, 0) is 80.4 Å². The molecular weight excluding hydrogens is 406 g/mol. The number of hydrogen-bond acceptors (Lipinski definition) is 3. The van der Waals surface area contributed by atoms with E-state index in [0.717, 1.165) is 44.5 Å². The van der Waals surface area contributed by atoms with Gasteiger partial charge in [-0.15, -0.1) is 0 Å². The number of benzene rings is 3. The van der Waals surface area contributed by atoms with Crippen LogP contribution in [0.2, 0.25) is 5.02 Å². The maximum Gasteiger partial charge on any atom is 0.120 e. The molecule has 0 aliphatic rings. The number of hydrogen-bond donors (Lipinski definition) is 0. The predicted molar refractivity (Wildman–Crippen MR) is 127 cm³/mol. The fourth-order valence-electron chi connectivity index (χ4n) is 3.89. The van der Waals surface area contributed by atoms with Gasteiger partial charge in [0.25, 0.3) is 0 Å². The summed E-state index contributed by atoms with van der Waals surface area (Å²) in [4.78, 5) is 4.73. The van der Waals surface area contributed by atoms with Crippen molar-refractivity contribution in [3.63, 3.8) is 0 Å². The largest absolute Gasteiger partial charge is 0.494 e. The van der Waals surface area contributed by atoms with Crippen molar-refractivity contribution in [3.05, 3.63) is 83.0 Å². The molecular formula is C26H22ClN3O. The lowest BCUT2D eigenvalue weighted by Gasteiger charge is -2.08. The average molecular weight is 428 g/mol. The van der Waals surface area contributed by atoms with Gasteiger partial charge in [-0.3, -0.25) is 4.98 Å². The maximum atomic E-state index is 6.15. The van der Waals surface area contributed by atoms with E-state index in [1.165, 1.54) is 11.1 Å². The molecule has 5 rings (SSSR count). The lowest BCUT2D eigenvalue weighted by molar-refractivity contribution is 0.341. The number of fused-ring (bicyclic) bond motifs is 3. The molecule has 4 nitrogen and oxygen atoms in total. The third kappa shape index (κ3) is 3.43. The van der Waals surface area contributed by atoms with Gasteiger partial charge in [0, 0.05) is 27.6 Å². The van der Waals surface area contributed by atoms with Crippen LogP contribution in [0.5, 0.6) is 5.75 Å². The minimum atomic E-state index is 0.610. The van der Waals surface area contributed by atoms with Gasteiger partial charge in [-0.25, -0.2) is 4.68 Å². The van der Waals surface area contributed by atoms with E-state index in [4.69, 9.17) is 26.4 Å². The Balaban J connectivity index is 1.86. The molecule has 0 bridgehead atoms. The fraction of sp³-hybridized carbons (Fsp3) is 0.154. The Labute approximate surface area is 186 Å². The van der Waals surface area contributed by atoms with E-state index in [1.807, 2.05) is 60.3 Å². The molecule has 0 radical (unpaired) electrons. The minimum Gasteiger partial charge on any atom is -0.494 e. The Morgan fingerprint density at radius 2 is 1.71 bits per heavy atom. The molecule has 0 aliphatic carbocycles. The second-order valence-corrected chi connectivity index (χ2v) is 8.10. The second-order valence-electron chi connectivity index (χ2n) is 7.67. The number of aromatic nitrogens is 3. The summed E-state index contributed by atoms with van der Waals surface area (Å²) in [5.41, 5.74) is 7.32. The molecule has 0 spiro atoms. The highest BCUT2D eigenvalue weighted by atomic mass is 35.5. The molecule has 0 amide bonds. The van der Waals surface area contributed by atoms with E-state index < -0.39 is 0 Å². The standard InChI is InChI=1S/C26H22ClN3O/c1-4-31-21-11-12-24-22(14-21)26-23(15-28-24)25(18-6-5-16(2)17(3)13-18)29-30(26)20-9-7-19(27)8-10-20/h5-15H,4H2,1-3H3. The van der Waals surface area contributed by atoms with Crippen molar-refractivity contribution in [2.24, 2.45) is 0 Å². The van der Waals surface area contributed by atoms with Gasteiger partial charge in [-0.2, -0.15) is 5.10 Å². The van der Waals surface area contributed by atoms with Gasteiger partial charge in [-0.1, -0.05) is 23.7 Å². The van der Waals surface area contributed by atoms with Crippen LogP contribution in [-0.2, 0) is 0 Å². The van der Waals surface area contributed by atoms with Crippen LogP contribution >= 0.6 is 11.6 Å². The smallest absolute Gasteiger partial charge is 0.120 e. The molecule has 0 atom stereocenters. The molecule has 2 heterocycles.